The van der Waals surface area contributed by atoms with Crippen molar-refractivity contribution in [3.05, 3.63) is 5.92 Å². The largest absolute Gasteiger partial charge is 3.00 e. The second kappa shape index (κ2) is 10.4. The molecule has 0 bridgehead atoms. The van der Waals surface area contributed by atoms with E-state index in [-0.39, 0.29) is 46.5 Å². The minimum Gasteiger partial charge on any atom is -1.00 e. The van der Waals surface area contributed by atoms with Gasteiger partial charge < -0.3 is 30.7 Å². The first-order valence-corrected chi connectivity index (χ1v) is 3.81. The maximum absolute atomic E-state index is 2.31. The summed E-state index contributed by atoms with van der Waals surface area (Å²) in [5.41, 5.74) is 0.467. The molecule has 3 heteroatoms. The summed E-state index contributed by atoms with van der Waals surface area (Å²) in [6.07, 6.45) is 2.60. The van der Waals surface area contributed by atoms with Gasteiger partial charge in [-0.15, -0.1) is 0 Å². The van der Waals surface area contributed by atoms with Gasteiger partial charge in [-0.3, -0.25) is 0 Å². The number of halogens is 2. The zero-order valence-corrected chi connectivity index (χ0v) is 11.7. The molecule has 0 amide bonds. The van der Waals surface area contributed by atoms with Gasteiger partial charge in [-0.25, -0.2) is 0 Å². The molecule has 1 radical (unpaired) electrons. The predicted octanol–water partition coefficient (Wildman–Crippen LogP) is -2.57. The van der Waals surface area contributed by atoms with Gasteiger partial charge in [0.2, 0.25) is 0 Å². The van der Waals surface area contributed by atoms with Crippen LogP contribution in [-0.2, 0) is 21.7 Å². The monoisotopic (exact) mass is 245 g/mol. The molecule has 0 N–H and O–H groups in total. The normalized spacial score (nSPS) is 9.50. The molecule has 73 valence electrons. The third kappa shape index (κ3) is 9.38. The summed E-state index contributed by atoms with van der Waals surface area (Å²) in [5, 5.41) is 0. The van der Waals surface area contributed by atoms with Crippen molar-refractivity contribution in [1.29, 1.82) is 0 Å². The fraction of sp³-hybridized carbons (Fsp3) is 0.889. The van der Waals surface area contributed by atoms with Crippen LogP contribution in [0.25, 0.3) is 0 Å². The Bertz CT molecular complexity index is 82.6. The van der Waals surface area contributed by atoms with Gasteiger partial charge in [0.1, 0.15) is 0 Å². The van der Waals surface area contributed by atoms with E-state index in [1.807, 2.05) is 0 Å². The van der Waals surface area contributed by atoms with E-state index in [1.54, 1.807) is 5.92 Å². The molecule has 0 unspecified atom stereocenters. The number of hydrogen-bond donors (Lipinski definition) is 0. The molecule has 0 fully saturated rings. The molecule has 0 atom stereocenters. The Balaban J connectivity index is -0.000000107. The first-order chi connectivity index (χ1) is 4.00. The third-order valence-corrected chi connectivity index (χ3v) is 2.23. The van der Waals surface area contributed by atoms with Gasteiger partial charge >= 0.3 is 21.7 Å². The molecule has 0 aromatic rings. The molecule has 12 heavy (non-hydrogen) atoms. The molecule has 0 aromatic carbocycles. The first-order valence-electron chi connectivity index (χ1n) is 3.81. The van der Waals surface area contributed by atoms with Crippen LogP contribution in [0.3, 0.4) is 0 Å². The molecule has 0 heterocycles. The quantitative estimate of drug-likeness (QED) is 0.379. The molecular formula is C9H19Cl2Ti. The molecule has 0 saturated carbocycles. The average Bonchev–Trinajstić information content (AvgIpc) is 1.65. The van der Waals surface area contributed by atoms with Crippen LogP contribution in [0.1, 0.15) is 47.5 Å². The van der Waals surface area contributed by atoms with Crippen molar-refractivity contribution >= 4 is 0 Å². The Morgan fingerprint density at radius 1 is 1.08 bits per heavy atom. The second-order valence-electron chi connectivity index (χ2n) is 3.63. The molecule has 0 nitrogen and oxygen atoms in total. The van der Waals surface area contributed by atoms with Crippen molar-refractivity contribution in [3.63, 3.8) is 0 Å². The van der Waals surface area contributed by atoms with E-state index in [9.17, 15) is 0 Å². The molecule has 0 aliphatic carbocycles. The van der Waals surface area contributed by atoms with Gasteiger partial charge in [0.25, 0.3) is 0 Å². The topological polar surface area (TPSA) is 0 Å². The first kappa shape index (κ1) is 23.3. The van der Waals surface area contributed by atoms with Crippen LogP contribution >= 0.6 is 0 Å². The van der Waals surface area contributed by atoms with Crippen molar-refractivity contribution in [2.45, 2.75) is 47.5 Å². The Morgan fingerprint density at radius 2 is 1.42 bits per heavy atom. The molecule has 0 aliphatic heterocycles. The smallest absolute Gasteiger partial charge is 1.00 e. The summed E-state index contributed by atoms with van der Waals surface area (Å²) in [4.78, 5) is 0. The minimum absolute atomic E-state index is 0. The average molecular weight is 246 g/mol. The maximum atomic E-state index is 2.31. The summed E-state index contributed by atoms with van der Waals surface area (Å²) in [6, 6.07) is 0. The van der Waals surface area contributed by atoms with Crippen molar-refractivity contribution in [3.8, 4) is 0 Å². The Morgan fingerprint density at radius 3 is 1.50 bits per heavy atom. The van der Waals surface area contributed by atoms with Gasteiger partial charge in [-0.05, 0) is 0 Å². The number of hydrogen-bond acceptors (Lipinski definition) is 0. The Kier molecular flexibility index (Phi) is 20.1. The van der Waals surface area contributed by atoms with Crippen LogP contribution in [0, 0.1) is 11.3 Å². The van der Waals surface area contributed by atoms with Crippen molar-refractivity contribution in [1.82, 2.24) is 0 Å². The third-order valence-electron chi connectivity index (χ3n) is 2.23. The van der Waals surface area contributed by atoms with E-state index in [2.05, 4.69) is 34.6 Å². The summed E-state index contributed by atoms with van der Waals surface area (Å²) in [6.45, 7) is 11.3. The van der Waals surface area contributed by atoms with E-state index in [4.69, 9.17) is 0 Å². The maximum Gasteiger partial charge on any atom is 3.00 e. The van der Waals surface area contributed by atoms with Gasteiger partial charge in [0.05, 0.1) is 0 Å². The van der Waals surface area contributed by atoms with Gasteiger partial charge in [0, 0.05) is 0 Å². The Labute approximate surface area is 105 Å². The van der Waals surface area contributed by atoms with E-state index in [0.29, 0.717) is 5.41 Å². The minimum atomic E-state index is 0. The molecule has 0 spiro atoms. The van der Waals surface area contributed by atoms with E-state index >= 15 is 0 Å². The van der Waals surface area contributed by atoms with E-state index in [1.165, 1.54) is 12.8 Å². The molecule has 0 aliphatic rings. The van der Waals surface area contributed by atoms with Crippen LogP contribution < -0.4 is 24.8 Å². The zero-order valence-electron chi connectivity index (χ0n) is 8.67. The van der Waals surface area contributed by atoms with Crippen LogP contribution in [-0.4, -0.2) is 0 Å². The Hall–Kier alpha value is 1.29. The fourth-order valence-electron chi connectivity index (χ4n) is 0.875. The van der Waals surface area contributed by atoms with Crippen LogP contribution in [0.4, 0.5) is 0 Å². The zero-order chi connectivity index (χ0) is 7.49. The summed E-state index contributed by atoms with van der Waals surface area (Å²) >= 11 is 0. The van der Waals surface area contributed by atoms with Gasteiger partial charge in [-0.2, -0.15) is 19.3 Å². The number of rotatable bonds is 3. The summed E-state index contributed by atoms with van der Waals surface area (Å²) < 4.78 is 0. The van der Waals surface area contributed by atoms with Crippen molar-refractivity contribution < 1.29 is 46.5 Å². The van der Waals surface area contributed by atoms with E-state index in [0.717, 1.165) is 0 Å². The fourth-order valence-corrected chi connectivity index (χ4v) is 0.875. The van der Waals surface area contributed by atoms with Crippen molar-refractivity contribution in [2.24, 2.45) is 5.41 Å². The van der Waals surface area contributed by atoms with Crippen molar-refractivity contribution in [2.75, 3.05) is 0 Å². The van der Waals surface area contributed by atoms with Gasteiger partial charge in [0.15, 0.2) is 0 Å². The summed E-state index contributed by atoms with van der Waals surface area (Å²) in [5.74, 6) is 1.55. The molecule has 0 saturated heterocycles. The SMILES string of the molecule is CCCC(C)(C)[C-](C)C.[Cl-].[Cl-].[Ti+3]. The predicted molar refractivity (Wildman–Crippen MR) is 43.3 cm³/mol. The van der Waals surface area contributed by atoms with Crippen LogP contribution in [0.5, 0.6) is 0 Å². The van der Waals surface area contributed by atoms with Gasteiger partial charge in [-0.1, -0.05) is 33.6 Å². The molecule has 0 aromatic heterocycles. The second-order valence-corrected chi connectivity index (χ2v) is 3.63. The van der Waals surface area contributed by atoms with Crippen LogP contribution in [0.2, 0.25) is 0 Å². The molecular weight excluding hydrogens is 227 g/mol. The van der Waals surface area contributed by atoms with Crippen LogP contribution in [0.15, 0.2) is 0 Å². The standard InChI is InChI=1S/C9H19.2ClH.Ti/c1-6-7-9(4,5)8(2)3;;;/h6-7H2,1-5H3;2*1H;/q-1;;;+3/p-2. The molecule has 0 rings (SSSR count). The summed E-state index contributed by atoms with van der Waals surface area (Å²) in [7, 11) is 0. The van der Waals surface area contributed by atoms with E-state index < -0.39 is 0 Å².